The van der Waals surface area contributed by atoms with E-state index in [1.807, 2.05) is 0 Å². The number of primary amides is 1. The maximum absolute atomic E-state index is 14.0. The van der Waals surface area contributed by atoms with Crippen LogP contribution in [0.3, 0.4) is 0 Å². The average Bonchev–Trinajstić information content (AvgIpc) is 2.82. The number of nitrogens with zero attached hydrogens (tertiary/aromatic N) is 2. The van der Waals surface area contributed by atoms with Gasteiger partial charge in [0.25, 0.3) is 5.91 Å². The molecule has 1 aromatic carbocycles. The van der Waals surface area contributed by atoms with Gasteiger partial charge in [-0.3, -0.25) is 24.1 Å². The lowest BCUT2D eigenvalue weighted by atomic mass is 9.57. The molecule has 3 aliphatic carbocycles. The number of fused-ring (bicyclic) bond motifs is 3. The molecule has 12 nitrogen and oxygen atoms in total. The van der Waals surface area contributed by atoms with Crippen LogP contribution < -0.4 is 16.0 Å². The smallest absolute Gasteiger partial charge is 0.255 e. The minimum Gasteiger partial charge on any atom is -0.508 e. The summed E-state index contributed by atoms with van der Waals surface area (Å²) in [6, 6.07) is 0.397. The summed E-state index contributed by atoms with van der Waals surface area (Å²) >= 11 is 3.16. The Morgan fingerprint density at radius 3 is 2.31 bits per heavy atom. The molecule has 1 aromatic rings. The van der Waals surface area contributed by atoms with E-state index in [4.69, 9.17) is 5.73 Å². The van der Waals surface area contributed by atoms with Crippen LogP contribution >= 0.6 is 15.9 Å². The molecule has 4 rings (SSSR count). The average molecular weight is 607 g/mol. The molecule has 0 bridgehead atoms. The Morgan fingerprint density at radius 1 is 1.18 bits per heavy atom. The van der Waals surface area contributed by atoms with Crippen molar-refractivity contribution in [2.75, 3.05) is 38.4 Å². The van der Waals surface area contributed by atoms with Crippen molar-refractivity contribution in [2.24, 2.45) is 17.6 Å². The molecule has 0 spiro atoms. The minimum atomic E-state index is -2.72. The van der Waals surface area contributed by atoms with Crippen LogP contribution in [0.5, 0.6) is 5.75 Å². The maximum Gasteiger partial charge on any atom is 0.255 e. The van der Waals surface area contributed by atoms with Gasteiger partial charge in [0.05, 0.1) is 22.1 Å². The van der Waals surface area contributed by atoms with Gasteiger partial charge in [-0.25, -0.2) is 0 Å². The van der Waals surface area contributed by atoms with Crippen LogP contribution in [-0.2, 0) is 25.6 Å². The van der Waals surface area contributed by atoms with Gasteiger partial charge in [-0.2, -0.15) is 0 Å². The van der Waals surface area contributed by atoms with Gasteiger partial charge in [0.15, 0.2) is 11.4 Å². The summed E-state index contributed by atoms with van der Waals surface area (Å²) in [7, 11) is 6.56. The molecule has 1 saturated carbocycles. The molecule has 0 saturated heterocycles. The van der Waals surface area contributed by atoms with Crippen LogP contribution in [-0.4, -0.2) is 93.4 Å². The van der Waals surface area contributed by atoms with Crippen LogP contribution in [0.1, 0.15) is 24.5 Å². The van der Waals surface area contributed by atoms with Crippen LogP contribution in [0.15, 0.2) is 23.0 Å². The summed E-state index contributed by atoms with van der Waals surface area (Å²) < 4.78 is 0. The maximum atomic E-state index is 14.0. The fourth-order valence-corrected chi connectivity index (χ4v) is 6.13. The number of hydrogen-bond acceptors (Lipinski definition) is 10. The van der Waals surface area contributed by atoms with E-state index in [1.165, 1.54) is 4.90 Å². The summed E-state index contributed by atoms with van der Waals surface area (Å²) in [6.07, 6.45) is 0.123. The van der Waals surface area contributed by atoms with E-state index >= 15 is 0 Å². The molecule has 0 aromatic heterocycles. The van der Waals surface area contributed by atoms with Gasteiger partial charge in [0.2, 0.25) is 11.7 Å². The van der Waals surface area contributed by atoms with Crippen LogP contribution in [0, 0.1) is 11.8 Å². The first-order valence-corrected chi connectivity index (χ1v) is 13.1. The number of aliphatic hydroxyl groups is 3. The Bertz CT molecular complexity index is 1380. The standard InChI is InChI=1S/C26H31BrN4O8/c1-9(27)25(38)29-13-8-14(30(2)3)11-6-10-7-12-18(31(4)5)21(34)17(24(28)37)23(36)26(12,39)22(35)15(10)20(33)16(11)19(13)32/h8-10,12,18,32-33,36,39H,6-7H2,1-5H3,(H2,28,37)(H,29,38)/t9?,10?,12?,18-,26?/m0/s1. The summed E-state index contributed by atoms with van der Waals surface area (Å²) in [5, 5.41) is 47.8. The Hall–Kier alpha value is -3.42. The molecule has 0 radical (unpaired) electrons. The predicted molar refractivity (Wildman–Crippen MR) is 146 cm³/mol. The molecule has 39 heavy (non-hydrogen) atoms. The first-order valence-electron chi connectivity index (χ1n) is 12.2. The number of rotatable bonds is 5. The number of phenols is 1. The van der Waals surface area contributed by atoms with Crippen molar-refractivity contribution < 1.29 is 39.6 Å². The summed E-state index contributed by atoms with van der Waals surface area (Å²) in [4.78, 5) is 54.2. The van der Waals surface area contributed by atoms with Gasteiger partial charge in [0.1, 0.15) is 22.8 Å². The first-order chi connectivity index (χ1) is 18.0. The highest BCUT2D eigenvalue weighted by molar-refractivity contribution is 9.10. The summed E-state index contributed by atoms with van der Waals surface area (Å²) in [5.41, 5.74) is 2.43. The van der Waals surface area contributed by atoms with E-state index in [0.29, 0.717) is 11.3 Å². The number of anilines is 2. The molecule has 7 N–H and O–H groups in total. The Morgan fingerprint density at radius 2 is 1.79 bits per heavy atom. The molecule has 5 atom stereocenters. The molecule has 3 aliphatic rings. The van der Waals surface area contributed by atoms with E-state index in [2.05, 4.69) is 21.2 Å². The fourth-order valence-electron chi connectivity index (χ4n) is 6.02. The molecule has 0 heterocycles. The fraction of sp³-hybridized carbons (Fsp3) is 0.462. The number of nitrogens with one attached hydrogen (secondary N) is 1. The van der Waals surface area contributed by atoms with Crippen LogP contribution in [0.2, 0.25) is 0 Å². The Kier molecular flexibility index (Phi) is 7.07. The predicted octanol–water partition coefficient (Wildman–Crippen LogP) is 0.752. The number of aromatic hydroxyl groups is 1. The number of alkyl halides is 1. The number of hydrogen-bond donors (Lipinski definition) is 6. The van der Waals surface area contributed by atoms with Gasteiger partial charge in [0, 0.05) is 31.3 Å². The number of Topliss-reactive ketones (excluding diaryl/α,β-unsaturated/α-hetero) is 2. The van der Waals surface area contributed by atoms with Crippen molar-refractivity contribution in [3.05, 3.63) is 34.1 Å². The molecule has 13 heteroatoms. The second kappa shape index (κ2) is 9.65. The zero-order chi connectivity index (χ0) is 29.3. The molecule has 1 fully saturated rings. The number of likely N-dealkylation sites (N-methyl/N-ethyl adjacent to an activating group) is 1. The third-order valence-electron chi connectivity index (χ3n) is 7.80. The van der Waals surface area contributed by atoms with Gasteiger partial charge < -0.3 is 36.4 Å². The monoisotopic (exact) mass is 606 g/mol. The van der Waals surface area contributed by atoms with E-state index in [1.54, 1.807) is 46.1 Å². The lowest BCUT2D eigenvalue weighted by Crippen LogP contribution is -2.65. The number of phenolic OH excluding ortho intramolecular Hbond substituents is 1. The number of carbonyl (C=O) groups excluding carboxylic acids is 4. The molecule has 210 valence electrons. The number of aliphatic hydroxyl groups excluding tert-OH is 2. The van der Waals surface area contributed by atoms with Gasteiger partial charge >= 0.3 is 0 Å². The Labute approximate surface area is 232 Å². The number of amides is 2. The highest BCUT2D eigenvalue weighted by Crippen LogP contribution is 2.54. The van der Waals surface area contributed by atoms with E-state index < -0.39 is 74.5 Å². The van der Waals surface area contributed by atoms with Crippen molar-refractivity contribution in [3.63, 3.8) is 0 Å². The van der Waals surface area contributed by atoms with Crippen molar-refractivity contribution in [1.29, 1.82) is 0 Å². The molecular formula is C26H31BrN4O8. The third kappa shape index (κ3) is 4.10. The van der Waals surface area contributed by atoms with Crippen molar-refractivity contribution >= 4 is 56.4 Å². The third-order valence-corrected chi connectivity index (χ3v) is 8.21. The first kappa shape index (κ1) is 28.6. The second-order valence-electron chi connectivity index (χ2n) is 10.6. The normalized spacial score (nSPS) is 27.1. The molecule has 4 unspecified atom stereocenters. The lowest BCUT2D eigenvalue weighted by Gasteiger charge is -2.50. The van der Waals surface area contributed by atoms with E-state index in [9.17, 15) is 39.6 Å². The highest BCUT2D eigenvalue weighted by Gasteiger charge is 2.64. The van der Waals surface area contributed by atoms with Gasteiger partial charge in [-0.1, -0.05) is 15.9 Å². The molecule has 2 amide bonds. The minimum absolute atomic E-state index is 0.00566. The lowest BCUT2D eigenvalue weighted by molar-refractivity contribution is -0.153. The van der Waals surface area contributed by atoms with Crippen LogP contribution in [0.4, 0.5) is 11.4 Å². The topological polar surface area (TPSA) is 194 Å². The van der Waals surface area contributed by atoms with E-state index in [-0.39, 0.29) is 29.7 Å². The van der Waals surface area contributed by atoms with Crippen molar-refractivity contribution in [1.82, 2.24) is 4.90 Å². The molecule has 0 aliphatic heterocycles. The summed E-state index contributed by atoms with van der Waals surface area (Å²) in [6.45, 7) is 1.59. The van der Waals surface area contributed by atoms with E-state index in [0.717, 1.165) is 0 Å². The number of nitrogens with two attached hydrogens (primary N) is 1. The largest absolute Gasteiger partial charge is 0.508 e. The van der Waals surface area contributed by atoms with Gasteiger partial charge in [-0.05, 0) is 51.4 Å². The second-order valence-corrected chi connectivity index (χ2v) is 12.0. The van der Waals surface area contributed by atoms with Crippen molar-refractivity contribution in [2.45, 2.75) is 36.2 Å². The summed E-state index contributed by atoms with van der Waals surface area (Å²) in [5.74, 6) is -7.79. The molecular weight excluding hydrogens is 576 g/mol. The zero-order valence-electron chi connectivity index (χ0n) is 22.1. The highest BCUT2D eigenvalue weighted by atomic mass is 79.9. The Balaban J connectivity index is 1.98. The number of halogens is 1. The zero-order valence-corrected chi connectivity index (χ0v) is 23.7. The number of benzene rings is 1. The number of ketones is 2. The van der Waals surface area contributed by atoms with Crippen molar-refractivity contribution in [3.8, 4) is 5.75 Å². The number of carbonyl (C=O) groups is 4. The van der Waals surface area contributed by atoms with Crippen LogP contribution in [0.25, 0.3) is 5.76 Å². The van der Waals surface area contributed by atoms with Gasteiger partial charge in [-0.15, -0.1) is 0 Å². The quantitative estimate of drug-likeness (QED) is 0.158. The SMILES string of the molecule is CC(Br)C(=O)Nc1cc(N(C)C)c2c(c1O)C(O)=C1C(=O)C3(O)C(O)=C(C(N)=O)C(=O)[C@@H](N(C)C)C3CC1C2.